The van der Waals surface area contributed by atoms with Gasteiger partial charge in [0.2, 0.25) is 11.1 Å². The number of hydrogen-bond donors (Lipinski definition) is 1. The molecule has 0 saturated carbocycles. The largest absolute Gasteiger partial charge is 0.341 e. The number of H-pyrrole nitrogens is 1. The van der Waals surface area contributed by atoms with Crippen LogP contribution in [-0.2, 0) is 4.79 Å². The van der Waals surface area contributed by atoms with Crippen LogP contribution in [0.4, 0.5) is 0 Å². The first-order valence-electron chi connectivity index (χ1n) is 7.48. The number of aromatic nitrogens is 3. The minimum absolute atomic E-state index is 0.186. The average molecular weight is 336 g/mol. The molecule has 1 saturated heterocycles. The van der Waals surface area contributed by atoms with E-state index in [2.05, 4.69) is 29.0 Å². The summed E-state index contributed by atoms with van der Waals surface area (Å²) in [5.74, 6) is 2.54. The number of thiophene rings is 1. The number of thioether (sulfide) groups is 1. The average Bonchev–Trinajstić information content (AvgIpc) is 3.14. The number of piperidine rings is 1. The molecule has 0 bridgehead atoms. The number of carbonyl (C=O) groups is 1. The highest BCUT2D eigenvalue weighted by molar-refractivity contribution is 7.99. The van der Waals surface area contributed by atoms with Gasteiger partial charge in [-0.3, -0.25) is 9.89 Å². The van der Waals surface area contributed by atoms with Crippen molar-refractivity contribution in [3.05, 3.63) is 17.5 Å². The van der Waals surface area contributed by atoms with Crippen LogP contribution in [0.1, 0.15) is 20.3 Å². The Bertz CT molecular complexity index is 615. The van der Waals surface area contributed by atoms with E-state index in [1.54, 1.807) is 11.3 Å². The summed E-state index contributed by atoms with van der Waals surface area (Å²) in [6.07, 6.45) is 1.21. The summed E-state index contributed by atoms with van der Waals surface area (Å²) in [6, 6.07) is 3.98. The van der Waals surface area contributed by atoms with E-state index < -0.39 is 0 Å². The van der Waals surface area contributed by atoms with Crippen LogP contribution >= 0.6 is 23.1 Å². The zero-order chi connectivity index (χ0) is 15.5. The second kappa shape index (κ2) is 6.83. The van der Waals surface area contributed by atoms with Crippen LogP contribution in [0.15, 0.2) is 22.7 Å². The Morgan fingerprint density at radius 3 is 2.91 bits per heavy atom. The highest BCUT2D eigenvalue weighted by atomic mass is 32.2. The van der Waals surface area contributed by atoms with Crippen molar-refractivity contribution in [1.82, 2.24) is 20.1 Å². The van der Waals surface area contributed by atoms with Gasteiger partial charge in [-0.2, -0.15) is 0 Å². The summed E-state index contributed by atoms with van der Waals surface area (Å²) < 4.78 is 0. The number of rotatable bonds is 4. The maximum atomic E-state index is 12.3. The zero-order valence-corrected chi connectivity index (χ0v) is 14.4. The summed E-state index contributed by atoms with van der Waals surface area (Å²) >= 11 is 3.02. The highest BCUT2D eigenvalue weighted by Gasteiger charge is 2.25. The molecule has 0 unspecified atom stereocenters. The van der Waals surface area contributed by atoms with E-state index in [-0.39, 0.29) is 5.91 Å². The maximum absolute atomic E-state index is 12.3. The lowest BCUT2D eigenvalue weighted by atomic mass is 9.92. The number of aromatic amines is 1. The molecule has 118 valence electrons. The molecule has 3 rings (SSSR count). The Hall–Kier alpha value is -1.34. The van der Waals surface area contributed by atoms with Crippen LogP contribution in [0.2, 0.25) is 0 Å². The van der Waals surface area contributed by atoms with E-state index in [4.69, 9.17) is 0 Å². The van der Waals surface area contributed by atoms with Gasteiger partial charge in [0.15, 0.2) is 5.82 Å². The minimum Gasteiger partial charge on any atom is -0.341 e. The lowest BCUT2D eigenvalue weighted by Gasteiger charge is -2.34. The Morgan fingerprint density at radius 1 is 1.45 bits per heavy atom. The van der Waals surface area contributed by atoms with Crippen LogP contribution in [0.3, 0.4) is 0 Å². The topological polar surface area (TPSA) is 61.9 Å². The molecule has 0 radical (unpaired) electrons. The van der Waals surface area contributed by atoms with Gasteiger partial charge in [-0.25, -0.2) is 4.98 Å². The van der Waals surface area contributed by atoms with Crippen molar-refractivity contribution in [2.75, 3.05) is 18.8 Å². The smallest absolute Gasteiger partial charge is 0.233 e. The Kier molecular flexibility index (Phi) is 4.83. The van der Waals surface area contributed by atoms with Gasteiger partial charge in [0, 0.05) is 13.1 Å². The second-order valence-electron chi connectivity index (χ2n) is 5.98. The molecule has 1 aliphatic rings. The number of nitrogens with zero attached hydrogens (tertiary/aromatic N) is 3. The van der Waals surface area contributed by atoms with Crippen LogP contribution in [-0.4, -0.2) is 44.8 Å². The third-order valence-corrected chi connectivity index (χ3v) is 5.47. The first-order valence-corrected chi connectivity index (χ1v) is 9.35. The van der Waals surface area contributed by atoms with Crippen molar-refractivity contribution >= 4 is 29.0 Å². The highest BCUT2D eigenvalue weighted by Crippen LogP contribution is 2.25. The molecule has 7 heteroatoms. The fourth-order valence-electron chi connectivity index (χ4n) is 2.92. The summed E-state index contributed by atoms with van der Waals surface area (Å²) in [6.45, 7) is 6.17. The first-order chi connectivity index (χ1) is 10.6. The zero-order valence-electron chi connectivity index (χ0n) is 12.8. The Morgan fingerprint density at radius 2 is 2.23 bits per heavy atom. The predicted octanol–water partition coefficient (Wildman–Crippen LogP) is 3.13. The molecule has 0 aliphatic carbocycles. The molecular weight excluding hydrogens is 316 g/mol. The molecular formula is C15H20N4OS2. The van der Waals surface area contributed by atoms with Crippen LogP contribution in [0.5, 0.6) is 0 Å². The van der Waals surface area contributed by atoms with Gasteiger partial charge in [0.05, 0.1) is 10.6 Å². The van der Waals surface area contributed by atoms with Gasteiger partial charge in [-0.1, -0.05) is 31.7 Å². The fraction of sp³-hybridized carbons (Fsp3) is 0.533. The van der Waals surface area contributed by atoms with Gasteiger partial charge >= 0.3 is 0 Å². The Labute approximate surface area is 138 Å². The summed E-state index contributed by atoms with van der Waals surface area (Å²) in [5.41, 5.74) is 0. The van der Waals surface area contributed by atoms with Crippen molar-refractivity contribution in [3.8, 4) is 10.7 Å². The monoisotopic (exact) mass is 336 g/mol. The first kappa shape index (κ1) is 15.6. The molecule has 1 amide bonds. The quantitative estimate of drug-likeness (QED) is 0.871. The van der Waals surface area contributed by atoms with Gasteiger partial charge in [0.1, 0.15) is 0 Å². The number of amides is 1. The van der Waals surface area contributed by atoms with Crippen LogP contribution in [0.25, 0.3) is 10.7 Å². The van der Waals surface area contributed by atoms with E-state index in [0.29, 0.717) is 22.7 Å². The fourth-order valence-corrected chi connectivity index (χ4v) is 4.28. The van der Waals surface area contributed by atoms with E-state index >= 15 is 0 Å². The summed E-state index contributed by atoms with van der Waals surface area (Å²) in [4.78, 5) is 19.8. The Balaban J connectivity index is 1.55. The molecule has 0 aromatic carbocycles. The number of hydrogen-bond acceptors (Lipinski definition) is 5. The van der Waals surface area contributed by atoms with Crippen LogP contribution in [0, 0.1) is 11.8 Å². The standard InChI is InChI=1S/C15H20N4OS2/c1-10-6-11(2)8-19(7-10)13(20)9-22-15-16-14(17-18-15)12-4-3-5-21-12/h3-5,10-11H,6-9H2,1-2H3,(H,16,17,18)/t10-,11-/m0/s1. The molecule has 5 nitrogen and oxygen atoms in total. The van der Waals surface area contributed by atoms with Crippen molar-refractivity contribution in [3.63, 3.8) is 0 Å². The third kappa shape index (κ3) is 3.70. The van der Waals surface area contributed by atoms with Crippen LogP contribution < -0.4 is 0 Å². The number of nitrogens with one attached hydrogen (secondary N) is 1. The summed E-state index contributed by atoms with van der Waals surface area (Å²) in [5, 5.41) is 9.75. The number of likely N-dealkylation sites (tertiary alicyclic amines) is 1. The molecule has 2 atom stereocenters. The van der Waals surface area contributed by atoms with E-state index in [0.717, 1.165) is 23.8 Å². The lowest BCUT2D eigenvalue weighted by Crippen LogP contribution is -2.43. The summed E-state index contributed by atoms with van der Waals surface area (Å²) in [7, 11) is 0. The maximum Gasteiger partial charge on any atom is 0.233 e. The van der Waals surface area contributed by atoms with Crippen molar-refractivity contribution in [2.45, 2.75) is 25.4 Å². The molecule has 22 heavy (non-hydrogen) atoms. The van der Waals surface area contributed by atoms with E-state index in [1.165, 1.54) is 18.2 Å². The minimum atomic E-state index is 0.186. The SMILES string of the molecule is C[C@H]1C[C@H](C)CN(C(=O)CSc2n[nH]c(-c3cccs3)n2)C1. The van der Waals surface area contributed by atoms with Crippen molar-refractivity contribution in [1.29, 1.82) is 0 Å². The molecule has 2 aromatic rings. The van der Waals surface area contributed by atoms with E-state index in [9.17, 15) is 4.79 Å². The van der Waals surface area contributed by atoms with Crippen molar-refractivity contribution < 1.29 is 4.79 Å². The molecule has 1 N–H and O–H groups in total. The van der Waals surface area contributed by atoms with Gasteiger partial charge in [0.25, 0.3) is 0 Å². The normalized spacial score (nSPS) is 22.0. The predicted molar refractivity (Wildman–Crippen MR) is 89.9 cm³/mol. The molecule has 3 heterocycles. The van der Waals surface area contributed by atoms with Crippen molar-refractivity contribution in [2.24, 2.45) is 11.8 Å². The molecule has 2 aromatic heterocycles. The molecule has 1 fully saturated rings. The third-order valence-electron chi connectivity index (χ3n) is 3.77. The molecule has 1 aliphatic heterocycles. The number of carbonyl (C=O) groups excluding carboxylic acids is 1. The lowest BCUT2D eigenvalue weighted by molar-refractivity contribution is -0.130. The van der Waals surface area contributed by atoms with Gasteiger partial charge in [-0.15, -0.1) is 16.4 Å². The molecule has 0 spiro atoms. The van der Waals surface area contributed by atoms with Gasteiger partial charge < -0.3 is 4.90 Å². The second-order valence-corrected chi connectivity index (χ2v) is 7.87. The van der Waals surface area contributed by atoms with Gasteiger partial charge in [-0.05, 0) is 29.7 Å². The van der Waals surface area contributed by atoms with E-state index in [1.807, 2.05) is 22.4 Å².